The molecule has 0 amide bonds. The quantitative estimate of drug-likeness (QED) is 0.633. The third kappa shape index (κ3) is 2.78. The molecule has 3 heterocycles. The molecule has 0 bridgehead atoms. The Morgan fingerprint density at radius 1 is 1.11 bits per heavy atom. The Labute approximate surface area is 164 Å². The first kappa shape index (κ1) is 17.3. The Hall–Kier alpha value is -2.79. The first-order chi connectivity index (χ1) is 13.4. The highest BCUT2D eigenvalue weighted by atomic mass is 16.5. The lowest BCUT2D eigenvalue weighted by molar-refractivity contribution is 0.0463. The van der Waals surface area contributed by atoms with E-state index in [1.807, 2.05) is 18.3 Å². The Morgan fingerprint density at radius 2 is 1.96 bits per heavy atom. The Bertz CT molecular complexity index is 1110. The van der Waals surface area contributed by atoms with Gasteiger partial charge in [0.05, 0.1) is 11.3 Å². The van der Waals surface area contributed by atoms with E-state index in [0.29, 0.717) is 12.2 Å². The molecule has 3 aromatic rings. The van der Waals surface area contributed by atoms with Crippen LogP contribution in [0, 0.1) is 0 Å². The minimum atomic E-state index is -0.228. The fourth-order valence-electron chi connectivity index (χ4n) is 4.12. The molecule has 0 spiro atoms. The van der Waals surface area contributed by atoms with E-state index in [1.54, 1.807) is 0 Å². The topological polar surface area (TPSA) is 55.3 Å². The van der Waals surface area contributed by atoms with Gasteiger partial charge in [-0.3, -0.25) is 4.90 Å². The zero-order valence-electron chi connectivity index (χ0n) is 16.5. The Kier molecular flexibility index (Phi) is 3.78. The number of hydrogen-bond acceptors (Lipinski definition) is 5. The van der Waals surface area contributed by atoms with Crippen molar-refractivity contribution in [1.82, 2.24) is 14.9 Å². The average Bonchev–Trinajstić information content (AvgIpc) is 3.07. The van der Waals surface area contributed by atoms with Crippen molar-refractivity contribution in [3.05, 3.63) is 70.3 Å². The predicted octanol–water partition coefficient (Wildman–Crippen LogP) is 4.11. The summed E-state index contributed by atoms with van der Waals surface area (Å²) in [5, 5.41) is 2.19. The van der Waals surface area contributed by atoms with Crippen molar-refractivity contribution in [2.75, 3.05) is 0 Å². The van der Waals surface area contributed by atoms with Crippen LogP contribution in [0.5, 0.6) is 0 Å². The van der Waals surface area contributed by atoms with Gasteiger partial charge in [-0.15, -0.1) is 0 Å². The van der Waals surface area contributed by atoms with E-state index in [2.05, 4.69) is 48.9 Å². The molecule has 0 fully saturated rings. The number of esters is 1. The summed E-state index contributed by atoms with van der Waals surface area (Å²) in [5.74, 6) is 0.669. The van der Waals surface area contributed by atoms with Crippen LogP contribution >= 0.6 is 0 Å². The molecule has 1 aromatic heterocycles. The lowest BCUT2D eigenvalue weighted by Crippen LogP contribution is -2.18. The molecule has 0 aliphatic carbocycles. The predicted molar refractivity (Wildman–Crippen MR) is 107 cm³/mol. The number of nitrogens with zero attached hydrogens (tertiary/aromatic N) is 3. The molecule has 5 heteroatoms. The average molecular weight is 373 g/mol. The Morgan fingerprint density at radius 3 is 2.79 bits per heavy atom. The molecule has 142 valence electrons. The second-order valence-corrected chi connectivity index (χ2v) is 8.75. The van der Waals surface area contributed by atoms with E-state index in [-0.39, 0.29) is 11.4 Å². The summed E-state index contributed by atoms with van der Waals surface area (Å²) < 4.78 is 5.28. The van der Waals surface area contributed by atoms with Gasteiger partial charge >= 0.3 is 5.97 Å². The summed E-state index contributed by atoms with van der Waals surface area (Å²) in [5.41, 5.74) is 5.27. The second kappa shape index (κ2) is 6.11. The van der Waals surface area contributed by atoms with Crippen LogP contribution in [0.2, 0.25) is 0 Å². The van der Waals surface area contributed by atoms with Crippen LogP contribution in [0.1, 0.15) is 59.3 Å². The highest BCUT2D eigenvalue weighted by Gasteiger charge is 2.26. The van der Waals surface area contributed by atoms with Crippen LogP contribution in [0.3, 0.4) is 0 Å². The van der Waals surface area contributed by atoms with Gasteiger partial charge in [0.25, 0.3) is 0 Å². The number of rotatable bonds is 2. The maximum atomic E-state index is 12.1. The number of hydrogen-bond donors (Lipinski definition) is 0. The molecular formula is C23H23N3O2. The first-order valence-corrected chi connectivity index (χ1v) is 9.68. The molecule has 0 N–H and O–H groups in total. The van der Waals surface area contributed by atoms with Crippen LogP contribution < -0.4 is 0 Å². The van der Waals surface area contributed by atoms with Crippen molar-refractivity contribution in [3.8, 4) is 0 Å². The summed E-state index contributed by atoms with van der Waals surface area (Å²) >= 11 is 0. The van der Waals surface area contributed by atoms with Crippen molar-refractivity contribution in [2.24, 2.45) is 0 Å². The number of aromatic nitrogens is 2. The van der Waals surface area contributed by atoms with Crippen molar-refractivity contribution < 1.29 is 9.53 Å². The van der Waals surface area contributed by atoms with Crippen LogP contribution in [-0.2, 0) is 36.4 Å². The van der Waals surface area contributed by atoms with Gasteiger partial charge in [-0.05, 0) is 22.6 Å². The highest BCUT2D eigenvalue weighted by molar-refractivity contribution is 6.08. The molecule has 0 radical (unpaired) electrons. The number of benzene rings is 2. The lowest BCUT2D eigenvalue weighted by atomic mass is 9.94. The van der Waals surface area contributed by atoms with Gasteiger partial charge in [0.15, 0.2) is 0 Å². The summed E-state index contributed by atoms with van der Waals surface area (Å²) in [4.78, 5) is 23.9. The normalized spacial score (nSPS) is 16.3. The molecule has 0 atom stereocenters. The molecule has 28 heavy (non-hydrogen) atoms. The van der Waals surface area contributed by atoms with E-state index in [0.717, 1.165) is 47.5 Å². The maximum absolute atomic E-state index is 12.1. The molecular weight excluding hydrogens is 350 g/mol. The highest BCUT2D eigenvalue weighted by Crippen LogP contribution is 2.33. The van der Waals surface area contributed by atoms with Gasteiger partial charge in [0, 0.05) is 42.2 Å². The number of fused-ring (bicyclic) bond motifs is 1. The van der Waals surface area contributed by atoms with Crippen molar-refractivity contribution >= 4 is 16.7 Å². The van der Waals surface area contributed by atoms with Crippen LogP contribution in [0.4, 0.5) is 0 Å². The summed E-state index contributed by atoms with van der Waals surface area (Å²) in [6.45, 7) is 9.27. The summed E-state index contributed by atoms with van der Waals surface area (Å²) in [6.07, 6.45) is 1.98. The van der Waals surface area contributed by atoms with Crippen molar-refractivity contribution in [2.45, 2.75) is 52.4 Å². The Balaban J connectivity index is 1.46. The molecule has 5 nitrogen and oxygen atoms in total. The van der Waals surface area contributed by atoms with E-state index in [4.69, 9.17) is 9.72 Å². The molecule has 0 unspecified atom stereocenters. The zero-order valence-corrected chi connectivity index (χ0v) is 16.5. The van der Waals surface area contributed by atoms with Gasteiger partial charge in [-0.25, -0.2) is 14.8 Å². The molecule has 0 saturated carbocycles. The number of cyclic esters (lactones) is 1. The molecule has 2 aromatic carbocycles. The third-order valence-electron chi connectivity index (χ3n) is 5.58. The van der Waals surface area contributed by atoms with E-state index >= 15 is 0 Å². The first-order valence-electron chi connectivity index (χ1n) is 9.68. The third-order valence-corrected chi connectivity index (χ3v) is 5.58. The smallest absolute Gasteiger partial charge is 0.339 e. The standard InChI is InChI=1S/C23H23N3O2/c1-23(2,3)22-24-9-16-11-26(12-19(16)25-22)10-14-7-8-15-13-28-21(27)18-6-4-5-17(14)20(15)18/h4-9H,10-13H2,1-3H3. The summed E-state index contributed by atoms with van der Waals surface area (Å²) in [6, 6.07) is 10.2. The van der Waals surface area contributed by atoms with Crippen molar-refractivity contribution in [1.29, 1.82) is 0 Å². The molecule has 2 aliphatic rings. The van der Waals surface area contributed by atoms with Crippen LogP contribution in [-0.4, -0.2) is 20.8 Å². The minimum absolute atomic E-state index is 0.0484. The SMILES string of the molecule is CC(C)(C)c1ncc2c(n1)CN(Cc1ccc3c4c(cccc14)C(=O)OC3)C2. The largest absolute Gasteiger partial charge is 0.457 e. The molecule has 2 aliphatic heterocycles. The lowest BCUT2D eigenvalue weighted by Gasteiger charge is -2.21. The number of carbonyl (C=O) groups is 1. The van der Waals surface area contributed by atoms with Gasteiger partial charge < -0.3 is 4.74 Å². The molecule has 5 rings (SSSR count). The fourth-order valence-corrected chi connectivity index (χ4v) is 4.12. The van der Waals surface area contributed by atoms with E-state index < -0.39 is 0 Å². The van der Waals surface area contributed by atoms with Crippen molar-refractivity contribution in [3.63, 3.8) is 0 Å². The van der Waals surface area contributed by atoms with Crippen LogP contribution in [0.15, 0.2) is 36.5 Å². The fraction of sp³-hybridized carbons (Fsp3) is 0.348. The zero-order chi connectivity index (χ0) is 19.5. The molecule has 0 saturated heterocycles. The van der Waals surface area contributed by atoms with Gasteiger partial charge in [-0.1, -0.05) is 45.0 Å². The monoisotopic (exact) mass is 373 g/mol. The van der Waals surface area contributed by atoms with E-state index in [1.165, 1.54) is 11.1 Å². The maximum Gasteiger partial charge on any atom is 0.339 e. The number of ether oxygens (including phenoxy) is 1. The van der Waals surface area contributed by atoms with Gasteiger partial charge in [0.2, 0.25) is 0 Å². The van der Waals surface area contributed by atoms with Crippen LogP contribution in [0.25, 0.3) is 10.8 Å². The second-order valence-electron chi connectivity index (χ2n) is 8.75. The van der Waals surface area contributed by atoms with Gasteiger partial charge in [0.1, 0.15) is 12.4 Å². The summed E-state index contributed by atoms with van der Waals surface area (Å²) in [7, 11) is 0. The van der Waals surface area contributed by atoms with E-state index in [9.17, 15) is 4.79 Å². The van der Waals surface area contributed by atoms with Gasteiger partial charge in [-0.2, -0.15) is 0 Å². The number of carbonyl (C=O) groups excluding carboxylic acids is 1. The minimum Gasteiger partial charge on any atom is -0.457 e.